The topological polar surface area (TPSA) is 49.0 Å². The number of benzene rings is 2. The van der Waals surface area contributed by atoms with Crippen molar-refractivity contribution in [3.05, 3.63) is 66.0 Å². The highest BCUT2D eigenvalue weighted by Gasteiger charge is 2.11. The van der Waals surface area contributed by atoms with Gasteiger partial charge in [0.05, 0.1) is 12.6 Å². The van der Waals surface area contributed by atoms with Crippen LogP contribution in [-0.4, -0.2) is 28.1 Å². The van der Waals surface area contributed by atoms with E-state index in [1.165, 1.54) is 10.8 Å². The lowest BCUT2D eigenvalue weighted by Gasteiger charge is -2.16. The maximum atomic E-state index is 12.3. The second kappa shape index (κ2) is 5.79. The number of fused-ring (bicyclic) bond motifs is 1. The van der Waals surface area contributed by atoms with Crippen molar-refractivity contribution in [1.82, 2.24) is 15.1 Å². The molecule has 106 valence electrons. The molecule has 3 rings (SSSR count). The lowest BCUT2D eigenvalue weighted by molar-refractivity contribution is -0.129. The number of likely N-dealkylation sites (N-methyl/N-ethyl adjacent to an activating group) is 1. The molecule has 0 atom stereocenters. The summed E-state index contributed by atoms with van der Waals surface area (Å²) in [6.45, 7) is 0.572. The van der Waals surface area contributed by atoms with Crippen molar-refractivity contribution in [2.75, 3.05) is 7.05 Å². The van der Waals surface area contributed by atoms with Crippen molar-refractivity contribution in [2.45, 2.75) is 13.0 Å². The zero-order valence-electron chi connectivity index (χ0n) is 11.9. The first-order chi connectivity index (χ1) is 10.2. The Balaban J connectivity index is 1.70. The van der Waals surface area contributed by atoms with Gasteiger partial charge in [0.25, 0.3) is 0 Å². The molecular formula is C17H17N3O. The number of aromatic nitrogens is 2. The van der Waals surface area contributed by atoms with Crippen LogP contribution in [0.3, 0.4) is 0 Å². The summed E-state index contributed by atoms with van der Waals surface area (Å²) < 4.78 is 0. The van der Waals surface area contributed by atoms with Gasteiger partial charge >= 0.3 is 0 Å². The third kappa shape index (κ3) is 3.11. The molecule has 0 bridgehead atoms. The Bertz CT molecular complexity index is 750. The Labute approximate surface area is 123 Å². The highest BCUT2D eigenvalue weighted by Crippen LogP contribution is 2.16. The van der Waals surface area contributed by atoms with Crippen LogP contribution in [0.25, 0.3) is 10.8 Å². The molecule has 0 fully saturated rings. The molecule has 0 radical (unpaired) electrons. The molecule has 21 heavy (non-hydrogen) atoms. The fourth-order valence-electron chi connectivity index (χ4n) is 2.38. The van der Waals surface area contributed by atoms with Crippen LogP contribution in [0.2, 0.25) is 0 Å². The molecular weight excluding hydrogens is 262 g/mol. The average molecular weight is 279 g/mol. The summed E-state index contributed by atoms with van der Waals surface area (Å²) in [5.74, 6) is 0.103. The Morgan fingerprint density at radius 1 is 1.14 bits per heavy atom. The largest absolute Gasteiger partial charge is 0.341 e. The molecule has 1 aromatic heterocycles. The molecule has 0 spiro atoms. The number of aromatic amines is 1. The number of nitrogens with zero attached hydrogens (tertiary/aromatic N) is 2. The fourth-order valence-corrected chi connectivity index (χ4v) is 2.38. The van der Waals surface area contributed by atoms with Gasteiger partial charge < -0.3 is 4.90 Å². The van der Waals surface area contributed by atoms with Gasteiger partial charge in [-0.1, -0.05) is 42.5 Å². The smallest absolute Gasteiger partial charge is 0.227 e. The summed E-state index contributed by atoms with van der Waals surface area (Å²) >= 11 is 0. The van der Waals surface area contributed by atoms with E-state index in [1.54, 1.807) is 17.3 Å². The van der Waals surface area contributed by atoms with E-state index < -0.39 is 0 Å². The van der Waals surface area contributed by atoms with E-state index in [9.17, 15) is 4.79 Å². The van der Waals surface area contributed by atoms with Crippen molar-refractivity contribution in [2.24, 2.45) is 0 Å². The summed E-state index contributed by atoms with van der Waals surface area (Å²) in [5.41, 5.74) is 2.04. The maximum Gasteiger partial charge on any atom is 0.227 e. The molecule has 1 amide bonds. The van der Waals surface area contributed by atoms with E-state index in [-0.39, 0.29) is 5.91 Å². The minimum Gasteiger partial charge on any atom is -0.341 e. The quantitative estimate of drug-likeness (QED) is 0.798. The summed E-state index contributed by atoms with van der Waals surface area (Å²) in [6, 6.07) is 14.3. The average Bonchev–Trinajstić information content (AvgIpc) is 3.00. The van der Waals surface area contributed by atoms with Gasteiger partial charge in [0.1, 0.15) is 0 Å². The zero-order valence-corrected chi connectivity index (χ0v) is 11.9. The van der Waals surface area contributed by atoms with E-state index >= 15 is 0 Å². The van der Waals surface area contributed by atoms with Crippen LogP contribution in [0.1, 0.15) is 11.1 Å². The molecule has 0 aliphatic carbocycles. The van der Waals surface area contributed by atoms with Crippen LogP contribution in [-0.2, 0) is 17.8 Å². The number of nitrogens with one attached hydrogen (secondary N) is 1. The van der Waals surface area contributed by atoms with Gasteiger partial charge in [0.15, 0.2) is 0 Å². The van der Waals surface area contributed by atoms with Crippen LogP contribution in [0, 0.1) is 0 Å². The molecule has 4 nitrogen and oxygen atoms in total. The molecule has 0 aliphatic rings. The summed E-state index contributed by atoms with van der Waals surface area (Å²) in [7, 11) is 1.82. The van der Waals surface area contributed by atoms with Crippen LogP contribution < -0.4 is 0 Å². The van der Waals surface area contributed by atoms with Gasteiger partial charge in [-0.25, -0.2) is 0 Å². The van der Waals surface area contributed by atoms with Crippen molar-refractivity contribution in [3.8, 4) is 0 Å². The molecule has 4 heteroatoms. The highest BCUT2D eigenvalue weighted by atomic mass is 16.2. The van der Waals surface area contributed by atoms with E-state index in [2.05, 4.69) is 34.5 Å². The van der Waals surface area contributed by atoms with Crippen molar-refractivity contribution in [1.29, 1.82) is 0 Å². The number of hydrogen-bond acceptors (Lipinski definition) is 2. The van der Waals surface area contributed by atoms with Gasteiger partial charge in [-0.05, 0) is 16.3 Å². The Morgan fingerprint density at radius 2 is 1.95 bits per heavy atom. The summed E-state index contributed by atoms with van der Waals surface area (Å²) in [5, 5.41) is 9.01. The lowest BCUT2D eigenvalue weighted by Crippen LogP contribution is -2.27. The molecule has 1 N–H and O–H groups in total. The number of hydrogen-bond donors (Lipinski definition) is 1. The predicted octanol–water partition coefficient (Wildman–Crippen LogP) is 2.76. The van der Waals surface area contributed by atoms with Crippen LogP contribution in [0.15, 0.2) is 54.9 Å². The Morgan fingerprint density at radius 3 is 2.71 bits per heavy atom. The maximum absolute atomic E-state index is 12.3. The number of carbonyl (C=O) groups is 1. The summed E-state index contributed by atoms with van der Waals surface area (Å²) in [6.07, 6.45) is 3.96. The van der Waals surface area contributed by atoms with E-state index in [4.69, 9.17) is 0 Å². The molecule has 0 aliphatic heterocycles. The lowest BCUT2D eigenvalue weighted by atomic mass is 10.0. The number of amides is 1. The van der Waals surface area contributed by atoms with Crippen molar-refractivity contribution < 1.29 is 4.79 Å². The van der Waals surface area contributed by atoms with Gasteiger partial charge in [-0.2, -0.15) is 5.10 Å². The second-order valence-electron chi connectivity index (χ2n) is 5.21. The standard InChI is InChI=1S/C17H17N3O/c1-20(12-14-10-18-19-11-14)17(21)9-13-6-7-15-4-2-3-5-16(15)8-13/h2-8,10-11H,9,12H2,1H3,(H,18,19). The molecule has 1 heterocycles. The minimum absolute atomic E-state index is 0.103. The monoisotopic (exact) mass is 279 g/mol. The van der Waals surface area contributed by atoms with Crippen LogP contribution >= 0.6 is 0 Å². The van der Waals surface area contributed by atoms with Gasteiger partial charge in [0.2, 0.25) is 5.91 Å². The van der Waals surface area contributed by atoms with Gasteiger partial charge in [-0.3, -0.25) is 9.89 Å². The SMILES string of the molecule is CN(Cc1cn[nH]c1)C(=O)Cc1ccc2ccccc2c1. The first-order valence-corrected chi connectivity index (χ1v) is 6.92. The second-order valence-corrected chi connectivity index (χ2v) is 5.21. The van der Waals surface area contributed by atoms with Gasteiger partial charge in [0, 0.05) is 25.4 Å². The van der Waals surface area contributed by atoms with Crippen LogP contribution in [0.4, 0.5) is 0 Å². The molecule has 0 saturated carbocycles. The van der Waals surface area contributed by atoms with E-state index in [0.29, 0.717) is 13.0 Å². The number of rotatable bonds is 4. The zero-order chi connectivity index (χ0) is 14.7. The Hall–Kier alpha value is -2.62. The Kier molecular flexibility index (Phi) is 3.69. The molecule has 2 aromatic carbocycles. The fraction of sp³-hybridized carbons (Fsp3) is 0.176. The molecule has 0 saturated heterocycles. The third-order valence-corrected chi connectivity index (χ3v) is 3.57. The van der Waals surface area contributed by atoms with Crippen molar-refractivity contribution in [3.63, 3.8) is 0 Å². The van der Waals surface area contributed by atoms with Crippen LogP contribution in [0.5, 0.6) is 0 Å². The van der Waals surface area contributed by atoms with E-state index in [0.717, 1.165) is 11.1 Å². The molecule has 3 aromatic rings. The first kappa shape index (κ1) is 13.4. The predicted molar refractivity (Wildman–Crippen MR) is 82.7 cm³/mol. The molecule has 0 unspecified atom stereocenters. The minimum atomic E-state index is 0.103. The number of carbonyl (C=O) groups excluding carboxylic acids is 1. The van der Waals surface area contributed by atoms with Gasteiger partial charge in [-0.15, -0.1) is 0 Å². The van der Waals surface area contributed by atoms with E-state index in [1.807, 2.05) is 25.2 Å². The highest BCUT2D eigenvalue weighted by molar-refractivity contribution is 5.85. The first-order valence-electron chi connectivity index (χ1n) is 6.92. The number of H-pyrrole nitrogens is 1. The third-order valence-electron chi connectivity index (χ3n) is 3.57. The van der Waals surface area contributed by atoms with Crippen molar-refractivity contribution >= 4 is 16.7 Å². The summed E-state index contributed by atoms with van der Waals surface area (Å²) in [4.78, 5) is 14.0. The normalized spacial score (nSPS) is 10.7.